The first-order valence-electron chi connectivity index (χ1n) is 4.26. The highest BCUT2D eigenvalue weighted by atomic mass is 27.0. The van der Waals surface area contributed by atoms with Crippen molar-refractivity contribution in [2.75, 3.05) is 0 Å². The third kappa shape index (κ3) is 9.72. The number of carbonyl (C=O) groups is 2. The lowest BCUT2D eigenvalue weighted by molar-refractivity contribution is -0.181. The van der Waals surface area contributed by atoms with Gasteiger partial charge in [0, 0.05) is 0 Å². The van der Waals surface area contributed by atoms with Crippen molar-refractivity contribution in [2.24, 2.45) is 0 Å². The van der Waals surface area contributed by atoms with E-state index in [1.807, 2.05) is 13.8 Å². The SMILES string of the molecule is CC(=O)CC(=O)OC(C)OC(C)C.[AlH3]. The van der Waals surface area contributed by atoms with E-state index in [1.54, 1.807) is 6.92 Å². The summed E-state index contributed by atoms with van der Waals surface area (Å²) in [5.41, 5.74) is 0. The van der Waals surface area contributed by atoms with E-state index in [-0.39, 0.29) is 35.7 Å². The number of ether oxygens (including phenoxy) is 2. The molecule has 0 aromatic rings. The van der Waals surface area contributed by atoms with Crippen LogP contribution >= 0.6 is 0 Å². The first-order chi connectivity index (χ1) is 5.91. The van der Waals surface area contributed by atoms with E-state index < -0.39 is 12.3 Å². The molecule has 0 N–H and O–H groups in total. The summed E-state index contributed by atoms with van der Waals surface area (Å²) in [4.78, 5) is 21.4. The van der Waals surface area contributed by atoms with Gasteiger partial charge in [0.25, 0.3) is 0 Å². The Hall–Kier alpha value is -0.368. The van der Waals surface area contributed by atoms with Gasteiger partial charge in [0.05, 0.1) is 6.10 Å². The highest BCUT2D eigenvalue weighted by Crippen LogP contribution is 2.00. The average Bonchev–Trinajstić information content (AvgIpc) is 1.80. The van der Waals surface area contributed by atoms with Gasteiger partial charge in [0.15, 0.2) is 23.7 Å². The zero-order valence-corrected chi connectivity index (χ0v) is 8.49. The van der Waals surface area contributed by atoms with Gasteiger partial charge in [-0.05, 0) is 27.7 Å². The molecule has 5 heteroatoms. The summed E-state index contributed by atoms with van der Waals surface area (Å²) in [6, 6.07) is 0. The second kappa shape index (κ2) is 7.98. The van der Waals surface area contributed by atoms with E-state index in [0.29, 0.717) is 0 Å². The van der Waals surface area contributed by atoms with Crippen LogP contribution in [0.2, 0.25) is 0 Å². The van der Waals surface area contributed by atoms with E-state index in [2.05, 4.69) is 0 Å². The Balaban J connectivity index is 0. The first kappa shape index (κ1) is 16.1. The van der Waals surface area contributed by atoms with Gasteiger partial charge in [-0.3, -0.25) is 9.59 Å². The van der Waals surface area contributed by atoms with Gasteiger partial charge in [-0.2, -0.15) is 0 Å². The summed E-state index contributed by atoms with van der Waals surface area (Å²) < 4.78 is 9.94. The van der Waals surface area contributed by atoms with Crippen LogP contribution in [0.4, 0.5) is 0 Å². The maximum atomic E-state index is 10.9. The molecule has 0 saturated carbocycles. The molecule has 0 spiro atoms. The third-order valence-corrected chi connectivity index (χ3v) is 1.15. The molecule has 0 bridgehead atoms. The highest BCUT2D eigenvalue weighted by Gasteiger charge is 2.12. The van der Waals surface area contributed by atoms with Gasteiger partial charge in [-0.15, -0.1) is 0 Å². The average molecular weight is 218 g/mol. The smallest absolute Gasteiger partial charge is 0.315 e. The predicted octanol–water partition coefficient (Wildman–Crippen LogP) is 0.0958. The van der Waals surface area contributed by atoms with Crippen LogP contribution < -0.4 is 0 Å². The summed E-state index contributed by atoms with van der Waals surface area (Å²) in [6.45, 7) is 6.65. The van der Waals surface area contributed by atoms with Crippen LogP contribution in [0.3, 0.4) is 0 Å². The fourth-order valence-electron chi connectivity index (χ4n) is 0.841. The number of esters is 1. The molecule has 0 fully saturated rings. The molecule has 0 aliphatic heterocycles. The maximum absolute atomic E-state index is 10.9. The van der Waals surface area contributed by atoms with E-state index >= 15 is 0 Å². The number of carbonyl (C=O) groups excluding carboxylic acids is 2. The van der Waals surface area contributed by atoms with E-state index in [4.69, 9.17) is 9.47 Å². The number of ketones is 1. The molecule has 0 aromatic carbocycles. The largest absolute Gasteiger partial charge is 0.436 e. The maximum Gasteiger partial charge on any atom is 0.315 e. The molecule has 0 saturated heterocycles. The zero-order valence-electron chi connectivity index (χ0n) is 8.49. The fourth-order valence-corrected chi connectivity index (χ4v) is 0.841. The number of hydrogen-bond donors (Lipinski definition) is 0. The Kier molecular flexibility index (Phi) is 9.17. The van der Waals surface area contributed by atoms with Crippen molar-refractivity contribution in [1.82, 2.24) is 0 Å². The molecule has 0 aliphatic rings. The summed E-state index contributed by atoms with van der Waals surface area (Å²) in [6.07, 6.45) is -0.779. The van der Waals surface area contributed by atoms with E-state index in [9.17, 15) is 9.59 Å². The summed E-state index contributed by atoms with van der Waals surface area (Å²) in [5.74, 6) is -0.748. The van der Waals surface area contributed by atoms with Crippen LogP contribution in [-0.2, 0) is 19.1 Å². The van der Waals surface area contributed by atoms with Gasteiger partial charge in [-0.25, -0.2) is 0 Å². The molecule has 0 radical (unpaired) electrons. The Morgan fingerprint density at radius 2 is 1.71 bits per heavy atom. The third-order valence-electron chi connectivity index (χ3n) is 1.15. The Morgan fingerprint density at radius 1 is 1.21 bits per heavy atom. The summed E-state index contributed by atoms with van der Waals surface area (Å²) in [7, 11) is 0. The predicted molar refractivity (Wildman–Crippen MR) is 57.0 cm³/mol. The van der Waals surface area contributed by atoms with Crippen molar-refractivity contribution >= 4 is 29.1 Å². The molecule has 0 heterocycles. The van der Waals surface area contributed by atoms with Gasteiger partial charge in [-0.1, -0.05) is 0 Å². The first-order valence-corrected chi connectivity index (χ1v) is 4.26. The minimum atomic E-state index is -0.591. The molecule has 0 aliphatic carbocycles. The van der Waals surface area contributed by atoms with Crippen molar-refractivity contribution in [3.05, 3.63) is 0 Å². The molecule has 14 heavy (non-hydrogen) atoms. The summed E-state index contributed by atoms with van der Waals surface area (Å²) in [5, 5.41) is 0. The van der Waals surface area contributed by atoms with Gasteiger partial charge in [0.1, 0.15) is 12.2 Å². The Morgan fingerprint density at radius 3 is 2.07 bits per heavy atom. The quantitative estimate of drug-likeness (QED) is 0.284. The second-order valence-electron chi connectivity index (χ2n) is 3.12. The molecular weight excluding hydrogens is 199 g/mol. The van der Waals surface area contributed by atoms with Crippen molar-refractivity contribution in [1.29, 1.82) is 0 Å². The lowest BCUT2D eigenvalue weighted by Crippen LogP contribution is -2.22. The minimum absolute atomic E-state index is 0. The Labute approximate surface area is 95.1 Å². The van der Waals surface area contributed by atoms with Crippen molar-refractivity contribution in [3.8, 4) is 0 Å². The lowest BCUT2D eigenvalue weighted by Gasteiger charge is -2.15. The summed E-state index contributed by atoms with van der Waals surface area (Å²) >= 11 is 0. The van der Waals surface area contributed by atoms with Gasteiger partial charge < -0.3 is 9.47 Å². The number of hydrogen-bond acceptors (Lipinski definition) is 4. The molecule has 0 amide bonds. The monoisotopic (exact) mass is 218 g/mol. The molecule has 0 rings (SSSR count). The van der Waals surface area contributed by atoms with Crippen molar-refractivity contribution in [2.45, 2.75) is 46.5 Å². The minimum Gasteiger partial charge on any atom is -0.436 e. The number of Topliss-reactive ketones (excluding diaryl/α,β-unsaturated/α-hetero) is 1. The van der Waals surface area contributed by atoms with Gasteiger partial charge in [0.2, 0.25) is 0 Å². The Bertz CT molecular complexity index is 191. The number of rotatable bonds is 5. The second-order valence-corrected chi connectivity index (χ2v) is 3.12. The lowest BCUT2D eigenvalue weighted by atomic mass is 10.3. The van der Waals surface area contributed by atoms with Gasteiger partial charge >= 0.3 is 5.97 Å². The van der Waals surface area contributed by atoms with E-state index in [1.165, 1.54) is 6.92 Å². The van der Waals surface area contributed by atoms with Crippen LogP contribution in [0.15, 0.2) is 0 Å². The molecular formula is C9H19AlO4. The van der Waals surface area contributed by atoms with Crippen LogP contribution in [0.5, 0.6) is 0 Å². The van der Waals surface area contributed by atoms with E-state index in [0.717, 1.165) is 0 Å². The van der Waals surface area contributed by atoms with Crippen molar-refractivity contribution in [3.63, 3.8) is 0 Å². The fraction of sp³-hybridized carbons (Fsp3) is 0.778. The molecule has 4 nitrogen and oxygen atoms in total. The standard InChI is InChI=1S/C9H16O4.Al.3H/c1-6(2)12-8(4)13-9(11)5-7(3)10;;;;/h6,8H,5H2,1-4H3;;;;. The normalized spacial score (nSPS) is 11.8. The highest BCUT2D eigenvalue weighted by molar-refractivity contribution is 5.94. The van der Waals surface area contributed by atoms with Crippen LogP contribution in [0.1, 0.15) is 34.1 Å². The van der Waals surface area contributed by atoms with Crippen LogP contribution in [-0.4, -0.2) is 41.5 Å². The molecule has 1 atom stereocenters. The van der Waals surface area contributed by atoms with Crippen molar-refractivity contribution < 1.29 is 19.1 Å². The zero-order chi connectivity index (χ0) is 10.4. The molecule has 1 unspecified atom stereocenters. The molecule has 0 aromatic heterocycles. The molecule has 82 valence electrons. The van der Waals surface area contributed by atoms with Crippen LogP contribution in [0.25, 0.3) is 0 Å². The topological polar surface area (TPSA) is 52.6 Å². The van der Waals surface area contributed by atoms with Crippen LogP contribution in [0, 0.1) is 0 Å².